The van der Waals surface area contributed by atoms with E-state index in [1.54, 1.807) is 6.07 Å². The van der Waals surface area contributed by atoms with Gasteiger partial charge in [0.2, 0.25) is 5.91 Å². The van der Waals surface area contributed by atoms with E-state index in [0.29, 0.717) is 22.3 Å². The van der Waals surface area contributed by atoms with Crippen LogP contribution in [0.2, 0.25) is 0 Å². The Hall–Kier alpha value is -1.81. The summed E-state index contributed by atoms with van der Waals surface area (Å²) in [5, 5.41) is 7.07. The number of amides is 2. The second kappa shape index (κ2) is 10.5. The fourth-order valence-electron chi connectivity index (χ4n) is 3.94. The number of rotatable bonds is 7. The number of carbonyl (C=O) groups is 2. The number of carbonyl (C=O) groups excluding carboxylic acids is 2. The van der Waals surface area contributed by atoms with Crippen LogP contribution in [0.1, 0.15) is 34.6 Å². The molecule has 7 nitrogen and oxygen atoms in total. The van der Waals surface area contributed by atoms with Crippen molar-refractivity contribution in [3.8, 4) is 0 Å². The molecule has 0 aromatic carbocycles. The van der Waals surface area contributed by atoms with Crippen molar-refractivity contribution in [3.05, 3.63) is 33.5 Å². The van der Waals surface area contributed by atoms with E-state index < -0.39 is 0 Å². The first-order chi connectivity index (χ1) is 14.7. The number of aromatic nitrogens is 1. The lowest BCUT2D eigenvalue weighted by Gasteiger charge is -2.34. The molecular formula is C21H28N4O3S2. The van der Waals surface area contributed by atoms with Gasteiger partial charge in [-0.2, -0.15) is 0 Å². The van der Waals surface area contributed by atoms with E-state index in [9.17, 15) is 9.59 Å². The Bertz CT molecular complexity index is 825. The molecule has 0 spiro atoms. The van der Waals surface area contributed by atoms with Crippen LogP contribution in [0.3, 0.4) is 0 Å². The lowest BCUT2D eigenvalue weighted by atomic mass is 9.93. The first kappa shape index (κ1) is 21.4. The number of thiazole rings is 1. The van der Waals surface area contributed by atoms with Crippen molar-refractivity contribution < 1.29 is 14.3 Å². The van der Waals surface area contributed by atoms with Crippen molar-refractivity contribution in [2.24, 2.45) is 5.92 Å². The molecule has 0 radical (unpaired) electrons. The molecule has 30 heavy (non-hydrogen) atoms. The van der Waals surface area contributed by atoms with Gasteiger partial charge in [-0.05, 0) is 43.2 Å². The van der Waals surface area contributed by atoms with Crippen molar-refractivity contribution in [1.29, 1.82) is 0 Å². The van der Waals surface area contributed by atoms with Gasteiger partial charge in [0.25, 0.3) is 5.91 Å². The fourth-order valence-corrected chi connectivity index (χ4v) is 5.26. The smallest absolute Gasteiger partial charge is 0.267 e. The first-order valence-corrected chi connectivity index (χ1v) is 12.3. The second-order valence-electron chi connectivity index (χ2n) is 7.82. The predicted octanol–water partition coefficient (Wildman–Crippen LogP) is 2.96. The normalized spacial score (nSPS) is 18.5. The Kier molecular flexibility index (Phi) is 7.48. The van der Waals surface area contributed by atoms with E-state index >= 15 is 0 Å². The Labute approximate surface area is 185 Å². The van der Waals surface area contributed by atoms with Gasteiger partial charge in [0.15, 0.2) is 5.13 Å². The molecule has 2 fully saturated rings. The third kappa shape index (κ3) is 5.87. The maximum absolute atomic E-state index is 12.7. The summed E-state index contributed by atoms with van der Waals surface area (Å²) in [6, 6.07) is 3.62. The fraction of sp³-hybridized carbons (Fsp3) is 0.571. The van der Waals surface area contributed by atoms with Gasteiger partial charge < -0.3 is 9.64 Å². The van der Waals surface area contributed by atoms with Crippen molar-refractivity contribution in [3.63, 3.8) is 0 Å². The van der Waals surface area contributed by atoms with Crippen LogP contribution in [0.25, 0.3) is 0 Å². The van der Waals surface area contributed by atoms with E-state index in [1.165, 1.54) is 29.1 Å². The molecule has 2 saturated heterocycles. The van der Waals surface area contributed by atoms with Gasteiger partial charge in [-0.25, -0.2) is 4.98 Å². The minimum absolute atomic E-state index is 0.128. The third-order valence-corrected chi connectivity index (χ3v) is 7.45. The highest BCUT2D eigenvalue weighted by atomic mass is 32.1. The molecule has 2 amide bonds. The summed E-state index contributed by atoms with van der Waals surface area (Å²) in [5.74, 6) is 0.676. The summed E-state index contributed by atoms with van der Waals surface area (Å²) in [5.41, 5.74) is 0.723. The highest BCUT2D eigenvalue weighted by molar-refractivity contribution is 7.14. The largest absolute Gasteiger partial charge is 0.379 e. The summed E-state index contributed by atoms with van der Waals surface area (Å²) in [6.07, 6.45) is 3.66. The van der Waals surface area contributed by atoms with Crippen LogP contribution in [-0.2, 0) is 16.0 Å². The van der Waals surface area contributed by atoms with Gasteiger partial charge in [0.05, 0.1) is 30.2 Å². The number of thiophene rings is 1. The SMILES string of the molecule is O=C(Nc1nc(CC(=O)N2CCC(CCN3CCOCC3)CC2)cs1)c1cccs1. The molecule has 9 heteroatoms. The Balaban J connectivity index is 1.18. The van der Waals surface area contributed by atoms with Gasteiger partial charge in [-0.1, -0.05) is 6.07 Å². The zero-order chi connectivity index (χ0) is 20.8. The summed E-state index contributed by atoms with van der Waals surface area (Å²) in [6.45, 7) is 6.59. The molecule has 0 saturated carbocycles. The lowest BCUT2D eigenvalue weighted by molar-refractivity contribution is -0.131. The molecule has 1 N–H and O–H groups in total. The number of nitrogens with one attached hydrogen (secondary N) is 1. The molecule has 4 heterocycles. The van der Waals surface area contributed by atoms with E-state index in [0.717, 1.165) is 64.5 Å². The first-order valence-electron chi connectivity index (χ1n) is 10.5. The van der Waals surface area contributed by atoms with E-state index in [4.69, 9.17) is 4.74 Å². The molecule has 2 aromatic heterocycles. The molecule has 2 aromatic rings. The van der Waals surface area contributed by atoms with Crippen LogP contribution in [-0.4, -0.2) is 72.5 Å². The van der Waals surface area contributed by atoms with Crippen LogP contribution < -0.4 is 5.32 Å². The monoisotopic (exact) mass is 448 g/mol. The van der Waals surface area contributed by atoms with Crippen molar-refractivity contribution in [2.45, 2.75) is 25.7 Å². The highest BCUT2D eigenvalue weighted by Crippen LogP contribution is 2.23. The average Bonchev–Trinajstić information content (AvgIpc) is 3.46. The van der Waals surface area contributed by atoms with E-state index in [1.807, 2.05) is 21.7 Å². The van der Waals surface area contributed by atoms with Crippen molar-refractivity contribution in [1.82, 2.24) is 14.8 Å². The van der Waals surface area contributed by atoms with Crippen LogP contribution in [0, 0.1) is 5.92 Å². The molecule has 0 bridgehead atoms. The molecule has 4 rings (SSSR count). The Morgan fingerprint density at radius 3 is 2.70 bits per heavy atom. The van der Waals surface area contributed by atoms with Gasteiger partial charge in [0.1, 0.15) is 0 Å². The summed E-state index contributed by atoms with van der Waals surface area (Å²) in [7, 11) is 0. The second-order valence-corrected chi connectivity index (χ2v) is 9.62. The molecule has 0 unspecified atom stereocenters. The summed E-state index contributed by atoms with van der Waals surface area (Å²) >= 11 is 2.76. The van der Waals surface area contributed by atoms with E-state index in [-0.39, 0.29) is 11.8 Å². The van der Waals surface area contributed by atoms with Crippen LogP contribution in [0.15, 0.2) is 22.9 Å². The molecular weight excluding hydrogens is 420 g/mol. The van der Waals surface area contributed by atoms with Gasteiger partial charge in [0, 0.05) is 31.6 Å². The quantitative estimate of drug-likeness (QED) is 0.705. The number of ether oxygens (including phenoxy) is 1. The average molecular weight is 449 g/mol. The number of morpholine rings is 1. The zero-order valence-electron chi connectivity index (χ0n) is 17.0. The minimum atomic E-state index is -0.156. The Morgan fingerprint density at radius 2 is 1.97 bits per heavy atom. The summed E-state index contributed by atoms with van der Waals surface area (Å²) in [4.78, 5) is 34.3. The van der Waals surface area contributed by atoms with Gasteiger partial charge in [-0.15, -0.1) is 22.7 Å². The molecule has 2 aliphatic rings. The van der Waals surface area contributed by atoms with Gasteiger partial charge in [-0.3, -0.25) is 19.8 Å². The number of hydrogen-bond donors (Lipinski definition) is 1. The molecule has 0 atom stereocenters. The molecule has 0 aliphatic carbocycles. The lowest BCUT2D eigenvalue weighted by Crippen LogP contribution is -2.41. The topological polar surface area (TPSA) is 74.8 Å². The number of hydrogen-bond acceptors (Lipinski definition) is 7. The molecule has 162 valence electrons. The number of piperidine rings is 1. The minimum Gasteiger partial charge on any atom is -0.379 e. The summed E-state index contributed by atoms with van der Waals surface area (Å²) < 4.78 is 5.41. The van der Waals surface area contributed by atoms with Crippen LogP contribution >= 0.6 is 22.7 Å². The zero-order valence-corrected chi connectivity index (χ0v) is 18.7. The maximum Gasteiger partial charge on any atom is 0.267 e. The predicted molar refractivity (Wildman–Crippen MR) is 119 cm³/mol. The van der Waals surface area contributed by atoms with Crippen LogP contribution in [0.4, 0.5) is 5.13 Å². The number of anilines is 1. The number of nitrogens with zero attached hydrogens (tertiary/aromatic N) is 3. The van der Waals surface area contributed by atoms with Gasteiger partial charge >= 0.3 is 0 Å². The van der Waals surface area contributed by atoms with E-state index in [2.05, 4.69) is 15.2 Å². The highest BCUT2D eigenvalue weighted by Gasteiger charge is 2.24. The van der Waals surface area contributed by atoms with Crippen LogP contribution in [0.5, 0.6) is 0 Å². The van der Waals surface area contributed by atoms with Crippen molar-refractivity contribution >= 4 is 39.6 Å². The van der Waals surface area contributed by atoms with Crippen molar-refractivity contribution in [2.75, 3.05) is 51.3 Å². The number of likely N-dealkylation sites (tertiary alicyclic amines) is 1. The molecule has 2 aliphatic heterocycles. The standard InChI is InChI=1S/C21H28N4O3S2/c26-19(14-17-15-30-21(22-17)23-20(27)18-2-1-13-29-18)25-7-4-16(5-8-25)3-6-24-9-11-28-12-10-24/h1-2,13,15-16H,3-12,14H2,(H,22,23,27). The maximum atomic E-state index is 12.7. The Morgan fingerprint density at radius 1 is 1.17 bits per heavy atom. The third-order valence-electron chi connectivity index (χ3n) is 5.77.